The summed E-state index contributed by atoms with van der Waals surface area (Å²) in [6.45, 7) is 18.3. The minimum Gasteiger partial charge on any atom is -0.490 e. The molecule has 4 nitrogen and oxygen atoms in total. The standard InChI is InChI=1S/C39H49NO3/c1-9-32-15-14-31(22-39(32)43-19-18-42-38-13-11-10-12-27(38)4)20-28(5)30(7)37(41)25-40(8)35-17-16-33-24-36(26(2)3)29(6)21-34(33)23-35/h10-17,22-24,28-30H,2,9,18-21,25H2,1,3-8H3/t28-,29?,30?/m1/s1. The first-order valence-electron chi connectivity index (χ1n) is 15.7. The average molecular weight is 580 g/mol. The van der Waals surface area contributed by atoms with E-state index < -0.39 is 0 Å². The fraction of sp³-hybridized carbons (Fsp3) is 0.410. The topological polar surface area (TPSA) is 38.8 Å². The van der Waals surface area contributed by atoms with Gasteiger partial charge in [0.25, 0.3) is 0 Å². The van der Waals surface area contributed by atoms with Gasteiger partial charge < -0.3 is 14.4 Å². The van der Waals surface area contributed by atoms with E-state index >= 15 is 0 Å². The van der Waals surface area contributed by atoms with Crippen molar-refractivity contribution in [3.05, 3.63) is 106 Å². The smallest absolute Gasteiger partial charge is 0.155 e. The average Bonchev–Trinajstić information content (AvgIpc) is 2.98. The molecular formula is C39H49NO3. The number of benzene rings is 3. The predicted octanol–water partition coefficient (Wildman–Crippen LogP) is 8.69. The van der Waals surface area contributed by atoms with Gasteiger partial charge in [-0.3, -0.25) is 4.79 Å². The first-order chi connectivity index (χ1) is 20.6. The number of hydrogen-bond acceptors (Lipinski definition) is 4. The Morgan fingerprint density at radius 3 is 2.44 bits per heavy atom. The zero-order chi connectivity index (χ0) is 31.1. The molecule has 2 unspecified atom stereocenters. The molecule has 4 rings (SSSR count). The number of nitrogens with zero attached hydrogens (tertiary/aromatic N) is 1. The van der Waals surface area contributed by atoms with Gasteiger partial charge in [0.05, 0.1) is 6.54 Å². The van der Waals surface area contributed by atoms with Crippen molar-refractivity contribution in [2.24, 2.45) is 17.8 Å². The Morgan fingerprint density at radius 2 is 1.74 bits per heavy atom. The molecule has 4 heteroatoms. The molecule has 0 fully saturated rings. The number of para-hydroxylation sites is 1. The van der Waals surface area contributed by atoms with E-state index in [0.29, 0.717) is 25.7 Å². The normalized spacial score (nSPS) is 15.6. The molecule has 3 atom stereocenters. The molecule has 0 heterocycles. The minimum absolute atomic E-state index is 0.0566. The van der Waals surface area contributed by atoms with Gasteiger partial charge in [0.15, 0.2) is 5.78 Å². The van der Waals surface area contributed by atoms with Crippen LogP contribution in [0.1, 0.15) is 62.4 Å². The lowest BCUT2D eigenvalue weighted by molar-refractivity contribution is -0.122. The van der Waals surface area contributed by atoms with Crippen LogP contribution in [0.2, 0.25) is 0 Å². The van der Waals surface area contributed by atoms with Crippen molar-refractivity contribution in [1.29, 1.82) is 0 Å². The van der Waals surface area contributed by atoms with Gasteiger partial charge in [0, 0.05) is 18.7 Å². The highest BCUT2D eigenvalue weighted by Crippen LogP contribution is 2.34. The molecule has 0 aromatic heterocycles. The number of anilines is 1. The Morgan fingerprint density at radius 1 is 1.02 bits per heavy atom. The summed E-state index contributed by atoms with van der Waals surface area (Å²) >= 11 is 0. The molecule has 0 amide bonds. The second-order valence-corrected chi connectivity index (χ2v) is 12.4. The number of carbonyl (C=O) groups excluding carboxylic acids is 1. The third-order valence-corrected chi connectivity index (χ3v) is 8.94. The maximum Gasteiger partial charge on any atom is 0.155 e. The van der Waals surface area contributed by atoms with Crippen LogP contribution < -0.4 is 14.4 Å². The summed E-state index contributed by atoms with van der Waals surface area (Å²) in [7, 11) is 2.02. The number of rotatable bonds is 14. The maximum atomic E-state index is 13.4. The summed E-state index contributed by atoms with van der Waals surface area (Å²) in [5.41, 5.74) is 9.67. The lowest BCUT2D eigenvalue weighted by Crippen LogP contribution is -2.32. The zero-order valence-corrected chi connectivity index (χ0v) is 27.2. The van der Waals surface area contributed by atoms with Crippen molar-refractivity contribution >= 4 is 17.5 Å². The van der Waals surface area contributed by atoms with Crippen molar-refractivity contribution < 1.29 is 14.3 Å². The van der Waals surface area contributed by atoms with Gasteiger partial charge >= 0.3 is 0 Å². The summed E-state index contributed by atoms with van der Waals surface area (Å²) in [6.07, 6.45) is 5.00. The first-order valence-corrected chi connectivity index (χ1v) is 15.7. The number of aryl methyl sites for hydroxylation is 2. The highest BCUT2D eigenvalue weighted by atomic mass is 16.5. The molecule has 0 N–H and O–H groups in total. The molecule has 0 aliphatic heterocycles. The van der Waals surface area contributed by atoms with E-state index in [1.165, 1.54) is 27.8 Å². The second kappa shape index (κ2) is 14.6. The lowest BCUT2D eigenvalue weighted by Gasteiger charge is -2.27. The number of hydrogen-bond donors (Lipinski definition) is 0. The van der Waals surface area contributed by atoms with Crippen molar-refractivity contribution in [2.45, 2.75) is 60.8 Å². The number of fused-ring (bicyclic) bond motifs is 1. The summed E-state index contributed by atoms with van der Waals surface area (Å²) in [5, 5.41) is 0. The van der Waals surface area contributed by atoms with Gasteiger partial charge in [-0.2, -0.15) is 0 Å². The second-order valence-electron chi connectivity index (χ2n) is 12.4. The summed E-state index contributed by atoms with van der Waals surface area (Å²) in [4.78, 5) is 15.5. The van der Waals surface area contributed by atoms with Gasteiger partial charge in [-0.1, -0.05) is 82.3 Å². The van der Waals surface area contributed by atoms with Crippen molar-refractivity contribution in [1.82, 2.24) is 0 Å². The van der Waals surface area contributed by atoms with Crippen LogP contribution in [-0.2, 0) is 24.1 Å². The number of Topliss-reactive ketones (excluding diaryl/α,β-unsaturated/α-hetero) is 1. The number of ketones is 1. The van der Waals surface area contributed by atoms with Crippen LogP contribution >= 0.6 is 0 Å². The Labute approximate surface area is 259 Å². The molecule has 0 spiro atoms. The molecule has 1 aliphatic carbocycles. The van der Waals surface area contributed by atoms with Gasteiger partial charge in [0.1, 0.15) is 24.7 Å². The molecule has 43 heavy (non-hydrogen) atoms. The zero-order valence-electron chi connectivity index (χ0n) is 27.2. The van der Waals surface area contributed by atoms with Crippen LogP contribution in [0.4, 0.5) is 5.69 Å². The molecule has 228 valence electrons. The van der Waals surface area contributed by atoms with E-state index in [1.54, 1.807) is 0 Å². The maximum absolute atomic E-state index is 13.4. The van der Waals surface area contributed by atoms with Crippen LogP contribution in [0.25, 0.3) is 6.08 Å². The number of carbonyl (C=O) groups is 1. The van der Waals surface area contributed by atoms with Crippen LogP contribution in [0.5, 0.6) is 11.5 Å². The Bertz CT molecular complexity index is 1470. The summed E-state index contributed by atoms with van der Waals surface area (Å²) in [5.74, 6) is 2.67. The van der Waals surface area contributed by atoms with Crippen LogP contribution in [-0.4, -0.2) is 32.6 Å². The van der Waals surface area contributed by atoms with Gasteiger partial charge in [-0.05, 0) is 103 Å². The molecule has 0 saturated heterocycles. The van der Waals surface area contributed by atoms with E-state index in [1.807, 2.05) is 38.2 Å². The highest BCUT2D eigenvalue weighted by Gasteiger charge is 2.23. The van der Waals surface area contributed by atoms with Crippen molar-refractivity contribution in [3.8, 4) is 11.5 Å². The fourth-order valence-electron chi connectivity index (χ4n) is 5.95. The quantitative estimate of drug-likeness (QED) is 0.179. The monoisotopic (exact) mass is 579 g/mol. The largest absolute Gasteiger partial charge is 0.490 e. The molecule has 1 aliphatic rings. The Balaban J connectivity index is 1.33. The van der Waals surface area contributed by atoms with Gasteiger partial charge in [-0.15, -0.1) is 0 Å². The number of likely N-dealkylation sites (N-methyl/N-ethyl adjacent to an activating group) is 1. The molecular weight excluding hydrogens is 530 g/mol. The third-order valence-electron chi connectivity index (χ3n) is 8.94. The first kappa shape index (κ1) is 32.1. The SMILES string of the molecule is C=C(C)C1=Cc2ccc(N(C)CC(=O)C(C)[C@H](C)Cc3ccc(CC)c(OCCOc4ccccc4C)c3)cc2CC1C. The van der Waals surface area contributed by atoms with E-state index in [9.17, 15) is 4.79 Å². The molecule has 3 aromatic rings. The number of ether oxygens (including phenoxy) is 2. The summed E-state index contributed by atoms with van der Waals surface area (Å²) in [6, 6.07) is 21.1. The highest BCUT2D eigenvalue weighted by molar-refractivity contribution is 5.85. The molecule has 0 saturated carbocycles. The van der Waals surface area contributed by atoms with E-state index in [0.717, 1.165) is 47.6 Å². The molecule has 3 aromatic carbocycles. The van der Waals surface area contributed by atoms with Crippen LogP contribution in [0.15, 0.2) is 78.4 Å². The molecule has 0 bridgehead atoms. The van der Waals surface area contributed by atoms with Gasteiger partial charge in [0.2, 0.25) is 0 Å². The fourth-order valence-corrected chi connectivity index (χ4v) is 5.95. The van der Waals surface area contributed by atoms with Crippen LogP contribution in [0, 0.1) is 24.7 Å². The third kappa shape index (κ3) is 8.19. The van der Waals surface area contributed by atoms with Crippen molar-refractivity contribution in [2.75, 3.05) is 31.7 Å². The van der Waals surface area contributed by atoms with E-state index in [-0.39, 0.29) is 17.6 Å². The van der Waals surface area contributed by atoms with Crippen LogP contribution in [0.3, 0.4) is 0 Å². The molecule has 0 radical (unpaired) electrons. The van der Waals surface area contributed by atoms with E-state index in [2.05, 4.69) is 88.6 Å². The summed E-state index contributed by atoms with van der Waals surface area (Å²) < 4.78 is 12.1. The lowest BCUT2D eigenvalue weighted by atomic mass is 9.82. The van der Waals surface area contributed by atoms with Crippen molar-refractivity contribution in [3.63, 3.8) is 0 Å². The predicted molar refractivity (Wildman–Crippen MR) is 180 cm³/mol. The minimum atomic E-state index is -0.0566. The van der Waals surface area contributed by atoms with Gasteiger partial charge in [-0.25, -0.2) is 0 Å². The van der Waals surface area contributed by atoms with E-state index in [4.69, 9.17) is 9.47 Å². The Hall–Kier alpha value is -3.79. The Kier molecular flexibility index (Phi) is 10.9. The number of allylic oxidation sites excluding steroid dienone is 2.